The summed E-state index contributed by atoms with van der Waals surface area (Å²) in [5, 5.41) is 3.16. The molecule has 0 unspecified atom stereocenters. The Kier molecular flexibility index (Phi) is 1.89. The summed E-state index contributed by atoms with van der Waals surface area (Å²) in [6, 6.07) is 5.74. The molecule has 0 bridgehead atoms. The molecule has 1 aliphatic rings. The SMILES string of the molecule is Cc1nc2cc(OC3CNC3)ccc2o1. The molecule has 3 rings (SSSR count). The largest absolute Gasteiger partial charge is 0.488 e. The van der Waals surface area contributed by atoms with E-state index in [0.29, 0.717) is 12.0 Å². The van der Waals surface area contributed by atoms with Crippen molar-refractivity contribution in [1.29, 1.82) is 0 Å². The Labute approximate surface area is 87.2 Å². The summed E-state index contributed by atoms with van der Waals surface area (Å²) in [5.41, 5.74) is 1.67. The highest BCUT2D eigenvalue weighted by Crippen LogP contribution is 2.22. The van der Waals surface area contributed by atoms with Crippen molar-refractivity contribution in [2.24, 2.45) is 0 Å². The number of ether oxygens (including phenoxy) is 1. The predicted octanol–water partition coefficient (Wildman–Crippen LogP) is 1.49. The van der Waals surface area contributed by atoms with Gasteiger partial charge in [-0.15, -0.1) is 0 Å². The molecule has 78 valence electrons. The van der Waals surface area contributed by atoms with Crippen LogP contribution in [0.15, 0.2) is 22.6 Å². The van der Waals surface area contributed by atoms with Gasteiger partial charge in [-0.3, -0.25) is 0 Å². The number of nitrogens with one attached hydrogen (secondary N) is 1. The molecule has 0 saturated carbocycles. The molecule has 0 spiro atoms. The van der Waals surface area contributed by atoms with Gasteiger partial charge < -0.3 is 14.5 Å². The molecule has 1 aromatic heterocycles. The van der Waals surface area contributed by atoms with Gasteiger partial charge in [-0.2, -0.15) is 0 Å². The molecule has 1 saturated heterocycles. The number of nitrogens with zero attached hydrogens (tertiary/aromatic N) is 1. The van der Waals surface area contributed by atoms with Crippen LogP contribution in [-0.2, 0) is 0 Å². The van der Waals surface area contributed by atoms with Gasteiger partial charge in [0.25, 0.3) is 0 Å². The van der Waals surface area contributed by atoms with E-state index in [-0.39, 0.29) is 0 Å². The molecule has 1 fully saturated rings. The molecule has 4 heteroatoms. The Balaban J connectivity index is 1.90. The third-order valence-electron chi connectivity index (χ3n) is 2.51. The topological polar surface area (TPSA) is 47.3 Å². The number of aromatic nitrogens is 1. The standard InChI is InChI=1S/C11H12N2O2/c1-7-13-10-4-8(2-3-11(10)14-7)15-9-5-12-6-9/h2-4,9,12H,5-6H2,1H3. The van der Waals surface area contributed by atoms with Gasteiger partial charge in [-0.25, -0.2) is 4.98 Å². The first-order valence-electron chi connectivity index (χ1n) is 5.06. The molecule has 0 aliphatic carbocycles. The second-order valence-electron chi connectivity index (χ2n) is 3.76. The fraction of sp³-hybridized carbons (Fsp3) is 0.364. The van der Waals surface area contributed by atoms with E-state index in [0.717, 1.165) is 29.9 Å². The fourth-order valence-electron chi connectivity index (χ4n) is 1.63. The van der Waals surface area contributed by atoms with Crippen molar-refractivity contribution in [2.75, 3.05) is 13.1 Å². The normalized spacial score (nSPS) is 16.6. The quantitative estimate of drug-likeness (QED) is 0.805. The van der Waals surface area contributed by atoms with E-state index < -0.39 is 0 Å². The van der Waals surface area contributed by atoms with Crippen molar-refractivity contribution in [2.45, 2.75) is 13.0 Å². The van der Waals surface area contributed by atoms with Gasteiger partial charge in [0.1, 0.15) is 17.4 Å². The highest BCUT2D eigenvalue weighted by molar-refractivity contribution is 5.74. The minimum atomic E-state index is 0.301. The minimum Gasteiger partial charge on any atom is -0.488 e. The molecule has 0 amide bonds. The average molecular weight is 204 g/mol. The number of hydrogen-bond donors (Lipinski definition) is 1. The fourth-order valence-corrected chi connectivity index (χ4v) is 1.63. The maximum absolute atomic E-state index is 5.72. The lowest BCUT2D eigenvalue weighted by atomic mass is 10.2. The molecule has 0 radical (unpaired) electrons. The molecule has 15 heavy (non-hydrogen) atoms. The van der Waals surface area contributed by atoms with Crippen molar-refractivity contribution < 1.29 is 9.15 Å². The van der Waals surface area contributed by atoms with Crippen LogP contribution in [-0.4, -0.2) is 24.2 Å². The second kappa shape index (κ2) is 3.24. The van der Waals surface area contributed by atoms with Gasteiger partial charge in [0.2, 0.25) is 0 Å². The summed E-state index contributed by atoms with van der Waals surface area (Å²) in [6.45, 7) is 3.70. The van der Waals surface area contributed by atoms with Gasteiger partial charge >= 0.3 is 0 Å². The lowest BCUT2D eigenvalue weighted by Gasteiger charge is -2.27. The summed E-state index contributed by atoms with van der Waals surface area (Å²) in [6.07, 6.45) is 0.301. The van der Waals surface area contributed by atoms with Crippen molar-refractivity contribution in [1.82, 2.24) is 10.3 Å². The van der Waals surface area contributed by atoms with Crippen LogP contribution in [0.3, 0.4) is 0 Å². The summed E-state index contributed by atoms with van der Waals surface area (Å²) >= 11 is 0. The number of rotatable bonds is 2. The van der Waals surface area contributed by atoms with Crippen molar-refractivity contribution >= 4 is 11.1 Å². The third kappa shape index (κ3) is 1.57. The summed E-state index contributed by atoms with van der Waals surface area (Å²) in [7, 11) is 0. The Morgan fingerprint density at radius 2 is 2.33 bits per heavy atom. The number of oxazole rings is 1. The van der Waals surface area contributed by atoms with Crippen LogP contribution in [0.2, 0.25) is 0 Å². The molecule has 4 nitrogen and oxygen atoms in total. The van der Waals surface area contributed by atoms with Crippen LogP contribution < -0.4 is 10.1 Å². The van der Waals surface area contributed by atoms with E-state index in [9.17, 15) is 0 Å². The van der Waals surface area contributed by atoms with Gasteiger partial charge in [0, 0.05) is 26.1 Å². The molecule has 1 aliphatic heterocycles. The van der Waals surface area contributed by atoms with Gasteiger partial charge in [0.15, 0.2) is 11.5 Å². The first-order valence-corrected chi connectivity index (χ1v) is 5.06. The van der Waals surface area contributed by atoms with Crippen LogP contribution in [0, 0.1) is 6.92 Å². The minimum absolute atomic E-state index is 0.301. The van der Waals surface area contributed by atoms with Crippen LogP contribution in [0.1, 0.15) is 5.89 Å². The zero-order valence-electron chi connectivity index (χ0n) is 8.49. The second-order valence-corrected chi connectivity index (χ2v) is 3.76. The number of benzene rings is 1. The van der Waals surface area contributed by atoms with E-state index in [4.69, 9.17) is 9.15 Å². The third-order valence-corrected chi connectivity index (χ3v) is 2.51. The Bertz CT molecular complexity index is 488. The predicted molar refractivity (Wildman–Crippen MR) is 56.0 cm³/mol. The molecule has 2 aromatic rings. The van der Waals surface area contributed by atoms with Crippen LogP contribution in [0.25, 0.3) is 11.1 Å². The smallest absolute Gasteiger partial charge is 0.192 e. The molecular formula is C11H12N2O2. The molecule has 2 heterocycles. The first-order chi connectivity index (χ1) is 7.31. The van der Waals surface area contributed by atoms with Gasteiger partial charge in [-0.1, -0.05) is 0 Å². The summed E-state index contributed by atoms with van der Waals surface area (Å²) in [4.78, 5) is 4.26. The van der Waals surface area contributed by atoms with E-state index in [2.05, 4.69) is 10.3 Å². The lowest BCUT2D eigenvalue weighted by molar-refractivity contribution is 0.142. The number of hydrogen-bond acceptors (Lipinski definition) is 4. The summed E-state index contributed by atoms with van der Waals surface area (Å²) in [5.74, 6) is 1.55. The molecule has 1 aromatic carbocycles. The first kappa shape index (κ1) is 8.73. The Morgan fingerprint density at radius 3 is 3.07 bits per heavy atom. The Morgan fingerprint density at radius 1 is 1.47 bits per heavy atom. The summed E-state index contributed by atoms with van der Waals surface area (Å²) < 4.78 is 11.1. The van der Waals surface area contributed by atoms with Gasteiger partial charge in [0.05, 0.1) is 0 Å². The number of aryl methyl sites for hydroxylation is 1. The van der Waals surface area contributed by atoms with Crippen LogP contribution in [0.4, 0.5) is 0 Å². The highest BCUT2D eigenvalue weighted by atomic mass is 16.5. The van der Waals surface area contributed by atoms with E-state index in [1.807, 2.05) is 25.1 Å². The zero-order chi connectivity index (χ0) is 10.3. The van der Waals surface area contributed by atoms with E-state index in [1.165, 1.54) is 0 Å². The average Bonchev–Trinajstić information content (AvgIpc) is 2.50. The maximum Gasteiger partial charge on any atom is 0.192 e. The van der Waals surface area contributed by atoms with Gasteiger partial charge in [-0.05, 0) is 12.1 Å². The van der Waals surface area contributed by atoms with Crippen molar-refractivity contribution in [3.8, 4) is 5.75 Å². The molecular weight excluding hydrogens is 192 g/mol. The molecule has 1 N–H and O–H groups in total. The lowest BCUT2D eigenvalue weighted by Crippen LogP contribution is -2.50. The zero-order valence-corrected chi connectivity index (χ0v) is 8.49. The van der Waals surface area contributed by atoms with Crippen molar-refractivity contribution in [3.05, 3.63) is 24.1 Å². The maximum atomic E-state index is 5.72. The van der Waals surface area contributed by atoms with E-state index >= 15 is 0 Å². The number of fused-ring (bicyclic) bond motifs is 1. The Hall–Kier alpha value is -1.55. The van der Waals surface area contributed by atoms with E-state index in [1.54, 1.807) is 0 Å². The van der Waals surface area contributed by atoms with Crippen molar-refractivity contribution in [3.63, 3.8) is 0 Å². The van der Waals surface area contributed by atoms with Crippen LogP contribution in [0.5, 0.6) is 5.75 Å². The van der Waals surface area contributed by atoms with Crippen LogP contribution >= 0.6 is 0 Å². The monoisotopic (exact) mass is 204 g/mol. The molecule has 0 atom stereocenters. The highest BCUT2D eigenvalue weighted by Gasteiger charge is 2.18.